The molecule has 0 bridgehead atoms. The third-order valence-electron chi connectivity index (χ3n) is 6.80. The standard InChI is InChI=1S/C30H26O8/c1-37-26-14-17(31)4-5-21(26)30-28(16-9-18(32)11-19(33)10-16)22(23-12-20(34)13-25(36)29(23)30)7-15-3-6-24(35)27(8-15)38-2/h3-14,28,30-36H,1-2H3/b22-7-/t28-,30+/m1/s1. The van der Waals surface area contributed by atoms with Crippen LogP contribution in [0.25, 0.3) is 11.6 Å². The fourth-order valence-electron chi connectivity index (χ4n) is 5.30. The number of hydrogen-bond acceptors (Lipinski definition) is 8. The number of allylic oxidation sites excluding steroid dienone is 1. The first-order valence-corrected chi connectivity index (χ1v) is 11.7. The van der Waals surface area contributed by atoms with Gasteiger partial charge in [-0.2, -0.15) is 0 Å². The minimum absolute atomic E-state index is 0.00254. The Labute approximate surface area is 218 Å². The van der Waals surface area contributed by atoms with E-state index >= 15 is 0 Å². The Hall–Kier alpha value is -4.98. The van der Waals surface area contributed by atoms with Crippen molar-refractivity contribution in [3.63, 3.8) is 0 Å². The van der Waals surface area contributed by atoms with Crippen LogP contribution in [0.4, 0.5) is 0 Å². The molecule has 0 fully saturated rings. The second kappa shape index (κ2) is 9.48. The van der Waals surface area contributed by atoms with Gasteiger partial charge in [0.1, 0.15) is 34.5 Å². The molecule has 8 heteroatoms. The van der Waals surface area contributed by atoms with Gasteiger partial charge >= 0.3 is 0 Å². The van der Waals surface area contributed by atoms with E-state index in [2.05, 4.69) is 0 Å². The largest absolute Gasteiger partial charge is 0.508 e. The molecule has 1 aliphatic rings. The van der Waals surface area contributed by atoms with Gasteiger partial charge in [-0.3, -0.25) is 0 Å². The fraction of sp³-hybridized carbons (Fsp3) is 0.133. The molecule has 4 aromatic rings. The monoisotopic (exact) mass is 514 g/mol. The molecular formula is C30H26O8. The number of aromatic hydroxyl groups is 6. The third-order valence-corrected chi connectivity index (χ3v) is 6.80. The van der Waals surface area contributed by atoms with Crippen molar-refractivity contribution in [3.05, 3.63) is 94.5 Å². The first-order chi connectivity index (χ1) is 18.2. The summed E-state index contributed by atoms with van der Waals surface area (Å²) in [5.74, 6) is -1.19. The highest BCUT2D eigenvalue weighted by Gasteiger charge is 2.42. The average molecular weight is 515 g/mol. The maximum atomic E-state index is 11.1. The van der Waals surface area contributed by atoms with Crippen molar-refractivity contribution in [3.8, 4) is 46.0 Å². The molecule has 2 atom stereocenters. The molecule has 0 spiro atoms. The summed E-state index contributed by atoms with van der Waals surface area (Å²) in [6.45, 7) is 0. The molecule has 0 radical (unpaired) electrons. The molecule has 0 saturated heterocycles. The van der Waals surface area contributed by atoms with Gasteiger partial charge in [-0.15, -0.1) is 0 Å². The normalized spacial score (nSPS) is 17.4. The van der Waals surface area contributed by atoms with Crippen LogP contribution in [0.3, 0.4) is 0 Å². The summed E-state index contributed by atoms with van der Waals surface area (Å²) in [6.07, 6.45) is 1.83. The highest BCUT2D eigenvalue weighted by molar-refractivity contribution is 5.93. The van der Waals surface area contributed by atoms with Crippen LogP contribution < -0.4 is 9.47 Å². The van der Waals surface area contributed by atoms with Gasteiger partial charge in [-0.25, -0.2) is 0 Å². The molecule has 194 valence electrons. The number of ether oxygens (including phenoxy) is 2. The SMILES string of the molecule is COc1cc(/C=C2/c3cc(O)cc(O)c3[C@@H](c3ccc(O)cc3OC)[C@@H]2c2cc(O)cc(O)c2)ccc1O. The number of hydrogen-bond donors (Lipinski definition) is 6. The van der Waals surface area contributed by atoms with Crippen LogP contribution in [0.15, 0.2) is 66.7 Å². The second-order valence-corrected chi connectivity index (χ2v) is 9.12. The van der Waals surface area contributed by atoms with E-state index in [1.165, 1.54) is 56.7 Å². The van der Waals surface area contributed by atoms with Crippen LogP contribution >= 0.6 is 0 Å². The van der Waals surface area contributed by atoms with E-state index in [4.69, 9.17) is 9.47 Å². The van der Waals surface area contributed by atoms with Gasteiger partial charge in [0, 0.05) is 41.2 Å². The highest BCUT2D eigenvalue weighted by Crippen LogP contribution is 2.60. The smallest absolute Gasteiger partial charge is 0.161 e. The quantitative estimate of drug-likeness (QED) is 0.208. The summed E-state index contributed by atoms with van der Waals surface area (Å²) in [7, 11) is 2.91. The minimum atomic E-state index is -0.604. The zero-order chi connectivity index (χ0) is 27.1. The number of benzene rings is 4. The van der Waals surface area contributed by atoms with E-state index < -0.39 is 11.8 Å². The lowest BCUT2D eigenvalue weighted by atomic mass is 9.79. The number of rotatable bonds is 5. The van der Waals surface area contributed by atoms with Crippen molar-refractivity contribution >= 4 is 11.6 Å². The van der Waals surface area contributed by atoms with Gasteiger partial charge < -0.3 is 40.1 Å². The maximum absolute atomic E-state index is 11.1. The summed E-state index contributed by atoms with van der Waals surface area (Å²) in [4.78, 5) is 0. The van der Waals surface area contributed by atoms with Gasteiger partial charge in [0.05, 0.1) is 14.2 Å². The van der Waals surface area contributed by atoms with Gasteiger partial charge in [0.2, 0.25) is 0 Å². The predicted molar refractivity (Wildman–Crippen MR) is 141 cm³/mol. The first kappa shape index (κ1) is 24.7. The zero-order valence-electron chi connectivity index (χ0n) is 20.6. The number of phenolic OH excluding ortho intramolecular Hbond substituents is 6. The lowest BCUT2D eigenvalue weighted by Gasteiger charge is -2.25. The molecule has 1 aliphatic carbocycles. The van der Waals surface area contributed by atoms with E-state index in [0.29, 0.717) is 39.1 Å². The van der Waals surface area contributed by atoms with Crippen molar-refractivity contribution in [2.24, 2.45) is 0 Å². The lowest BCUT2D eigenvalue weighted by Crippen LogP contribution is -2.09. The molecule has 4 aromatic carbocycles. The van der Waals surface area contributed by atoms with E-state index in [-0.39, 0.29) is 40.2 Å². The summed E-state index contributed by atoms with van der Waals surface area (Å²) in [5.41, 5.74) is 3.53. The zero-order valence-corrected chi connectivity index (χ0v) is 20.6. The van der Waals surface area contributed by atoms with E-state index in [1.54, 1.807) is 24.3 Å². The van der Waals surface area contributed by atoms with Crippen molar-refractivity contribution in [1.82, 2.24) is 0 Å². The van der Waals surface area contributed by atoms with Crippen LogP contribution in [0.2, 0.25) is 0 Å². The van der Waals surface area contributed by atoms with E-state index in [1.807, 2.05) is 6.08 Å². The molecule has 0 aliphatic heterocycles. The maximum Gasteiger partial charge on any atom is 0.161 e. The van der Waals surface area contributed by atoms with Crippen LogP contribution in [0, 0.1) is 0 Å². The summed E-state index contributed by atoms with van der Waals surface area (Å²) < 4.78 is 10.9. The van der Waals surface area contributed by atoms with Crippen molar-refractivity contribution in [1.29, 1.82) is 0 Å². The highest BCUT2D eigenvalue weighted by atomic mass is 16.5. The molecule has 0 amide bonds. The Balaban J connectivity index is 1.86. The van der Waals surface area contributed by atoms with Gasteiger partial charge in [0.25, 0.3) is 0 Å². The van der Waals surface area contributed by atoms with Crippen molar-refractivity contribution in [2.75, 3.05) is 14.2 Å². The molecule has 5 rings (SSSR count). The molecule has 0 aromatic heterocycles. The lowest BCUT2D eigenvalue weighted by molar-refractivity contribution is 0.373. The number of methoxy groups -OCH3 is 2. The minimum Gasteiger partial charge on any atom is -0.508 e. The van der Waals surface area contributed by atoms with Crippen LogP contribution in [0.5, 0.6) is 46.0 Å². The topological polar surface area (TPSA) is 140 Å². The molecule has 0 heterocycles. The summed E-state index contributed by atoms with van der Waals surface area (Å²) >= 11 is 0. The summed E-state index contributed by atoms with van der Waals surface area (Å²) in [6, 6.07) is 16.6. The number of phenols is 6. The molecule has 8 nitrogen and oxygen atoms in total. The van der Waals surface area contributed by atoms with E-state index in [0.717, 1.165) is 0 Å². The molecule has 38 heavy (non-hydrogen) atoms. The van der Waals surface area contributed by atoms with Crippen LogP contribution in [0.1, 0.15) is 39.7 Å². The van der Waals surface area contributed by atoms with Crippen molar-refractivity contribution in [2.45, 2.75) is 11.8 Å². The number of fused-ring (bicyclic) bond motifs is 1. The van der Waals surface area contributed by atoms with Gasteiger partial charge in [0.15, 0.2) is 11.5 Å². The van der Waals surface area contributed by atoms with Gasteiger partial charge in [-0.1, -0.05) is 18.2 Å². The van der Waals surface area contributed by atoms with E-state index in [9.17, 15) is 30.6 Å². The van der Waals surface area contributed by atoms with Crippen LogP contribution in [-0.4, -0.2) is 44.9 Å². The van der Waals surface area contributed by atoms with Gasteiger partial charge in [-0.05, 0) is 58.7 Å². The molecule has 6 N–H and O–H groups in total. The van der Waals surface area contributed by atoms with Crippen LogP contribution in [-0.2, 0) is 0 Å². The Morgan fingerprint density at radius 3 is 1.97 bits per heavy atom. The fourth-order valence-corrected chi connectivity index (χ4v) is 5.30. The Morgan fingerprint density at radius 2 is 1.29 bits per heavy atom. The molecule has 0 unspecified atom stereocenters. The predicted octanol–water partition coefficient (Wildman–Crippen LogP) is 5.41. The Bertz CT molecular complexity index is 1550. The summed E-state index contributed by atoms with van der Waals surface area (Å²) in [5, 5.41) is 62.5. The Morgan fingerprint density at radius 1 is 0.605 bits per heavy atom. The Kier molecular flexibility index (Phi) is 6.16. The second-order valence-electron chi connectivity index (χ2n) is 9.12. The van der Waals surface area contributed by atoms with Crippen molar-refractivity contribution < 1.29 is 40.1 Å². The third kappa shape index (κ3) is 4.26. The average Bonchev–Trinajstić information content (AvgIpc) is 3.18. The molecule has 0 saturated carbocycles. The molecular weight excluding hydrogens is 488 g/mol. The first-order valence-electron chi connectivity index (χ1n) is 11.7.